The van der Waals surface area contributed by atoms with E-state index in [0.717, 1.165) is 36.9 Å². The van der Waals surface area contributed by atoms with Crippen LogP contribution in [0.5, 0.6) is 0 Å². The first-order valence-corrected chi connectivity index (χ1v) is 18.2. The molecule has 1 fully saturated rings. The Kier molecular flexibility index (Phi) is 15.4. The van der Waals surface area contributed by atoms with E-state index in [0.29, 0.717) is 38.1 Å². The molecule has 1 aliphatic rings. The van der Waals surface area contributed by atoms with Crippen LogP contribution in [0.3, 0.4) is 0 Å². The molecule has 50 heavy (non-hydrogen) atoms. The van der Waals surface area contributed by atoms with Crippen molar-refractivity contribution in [2.45, 2.75) is 109 Å². The molecule has 4 rings (SSSR count). The van der Waals surface area contributed by atoms with Crippen molar-refractivity contribution in [2.75, 3.05) is 13.6 Å². The lowest BCUT2D eigenvalue weighted by atomic mass is 9.82. The molecule has 0 unspecified atom stereocenters. The maximum Gasteiger partial charge on any atom is 0.244 e. The van der Waals surface area contributed by atoms with E-state index in [4.69, 9.17) is 0 Å². The maximum absolute atomic E-state index is 14.1. The summed E-state index contributed by atoms with van der Waals surface area (Å²) in [6.07, 6.45) is 10.1. The van der Waals surface area contributed by atoms with Crippen LogP contribution in [0.15, 0.2) is 73.2 Å². The predicted molar refractivity (Wildman–Crippen MR) is 193 cm³/mol. The standard InChI is InChI=1S/C39H56N6O5/c1-28(2)23-35(46)37(48)33(25-30-15-8-5-9-16-30)42-39(50)34(27-45-21-12-20-41-45)43-38(49)31(24-29-13-6-4-7-14-29)26-36(47)44(3)22-18-32-17-10-11-19-40-32/h4,6-7,10-14,17,19-21,28,30-31,33-35,37,46,48H,5,8-9,15-16,18,22-27H2,1-3H3,(H,42,50)(H,43,49)/t31-,33+,34+,35+,37-/m1/s1. The Bertz CT molecular complexity index is 1430. The van der Waals surface area contributed by atoms with Crippen LogP contribution in [0, 0.1) is 17.8 Å². The molecule has 0 radical (unpaired) electrons. The highest BCUT2D eigenvalue weighted by molar-refractivity contribution is 5.91. The molecule has 2 heterocycles. The van der Waals surface area contributed by atoms with E-state index in [1.807, 2.05) is 62.4 Å². The molecule has 272 valence electrons. The Balaban J connectivity index is 1.52. The highest BCUT2D eigenvalue weighted by Gasteiger charge is 2.34. The van der Waals surface area contributed by atoms with Crippen molar-refractivity contribution in [3.63, 3.8) is 0 Å². The molecule has 5 atom stereocenters. The van der Waals surface area contributed by atoms with Crippen LogP contribution < -0.4 is 10.6 Å². The number of rotatable bonds is 19. The number of carbonyl (C=O) groups excluding carboxylic acids is 3. The Morgan fingerprint density at radius 1 is 0.940 bits per heavy atom. The smallest absolute Gasteiger partial charge is 0.244 e. The van der Waals surface area contributed by atoms with Gasteiger partial charge in [0.05, 0.1) is 24.6 Å². The zero-order valence-corrected chi connectivity index (χ0v) is 29.9. The van der Waals surface area contributed by atoms with Crippen LogP contribution >= 0.6 is 0 Å². The quantitative estimate of drug-likeness (QED) is 0.149. The number of hydrogen-bond donors (Lipinski definition) is 4. The molecule has 4 N–H and O–H groups in total. The second kappa shape index (κ2) is 19.9. The third-order valence-corrected chi connectivity index (χ3v) is 9.69. The number of hydrogen-bond acceptors (Lipinski definition) is 7. The van der Waals surface area contributed by atoms with Crippen LogP contribution in [0.4, 0.5) is 0 Å². The number of carbonyl (C=O) groups is 3. The van der Waals surface area contributed by atoms with Gasteiger partial charge in [0.1, 0.15) is 12.1 Å². The first kappa shape index (κ1) is 38.7. The summed E-state index contributed by atoms with van der Waals surface area (Å²) in [6, 6.07) is 15.2. The van der Waals surface area contributed by atoms with Crippen molar-refractivity contribution in [3.8, 4) is 0 Å². The van der Waals surface area contributed by atoms with Crippen molar-refractivity contribution in [1.82, 2.24) is 30.3 Å². The molecule has 1 aromatic carbocycles. The summed E-state index contributed by atoms with van der Waals surface area (Å²) in [6.45, 7) is 4.47. The summed E-state index contributed by atoms with van der Waals surface area (Å²) in [7, 11) is 1.72. The molecule has 0 saturated heterocycles. The SMILES string of the molecule is CC(C)C[C@H](O)[C@H](O)[C@H](CC1CCCCC1)NC(=O)[C@H](Cn1cccn1)NC(=O)[C@@H](CC(=O)N(C)CCc1ccccn1)Cc1ccccc1. The van der Waals surface area contributed by atoms with E-state index >= 15 is 0 Å². The summed E-state index contributed by atoms with van der Waals surface area (Å²) < 4.78 is 1.58. The number of likely N-dealkylation sites (N-methyl/N-ethyl adjacent to an activating group) is 1. The van der Waals surface area contributed by atoms with Crippen molar-refractivity contribution in [3.05, 3.63) is 84.4 Å². The van der Waals surface area contributed by atoms with Gasteiger partial charge in [-0.15, -0.1) is 0 Å². The zero-order chi connectivity index (χ0) is 35.9. The first-order valence-electron chi connectivity index (χ1n) is 18.2. The van der Waals surface area contributed by atoms with E-state index < -0.39 is 42.0 Å². The van der Waals surface area contributed by atoms with E-state index in [1.165, 1.54) is 6.42 Å². The Labute approximate surface area is 296 Å². The van der Waals surface area contributed by atoms with Gasteiger partial charge in [-0.3, -0.25) is 24.0 Å². The molecule has 1 saturated carbocycles. The van der Waals surface area contributed by atoms with Crippen LogP contribution in [0.1, 0.15) is 76.5 Å². The summed E-state index contributed by atoms with van der Waals surface area (Å²) in [5, 5.41) is 32.5. The second-order valence-electron chi connectivity index (χ2n) is 14.3. The molecule has 11 nitrogen and oxygen atoms in total. The Hall–Kier alpha value is -4.09. The average Bonchev–Trinajstić information content (AvgIpc) is 3.63. The lowest BCUT2D eigenvalue weighted by molar-refractivity contribution is -0.137. The molecular formula is C39H56N6O5. The van der Waals surface area contributed by atoms with Gasteiger partial charge in [0.2, 0.25) is 17.7 Å². The molecule has 1 aliphatic carbocycles. The largest absolute Gasteiger partial charge is 0.390 e. The fraction of sp³-hybridized carbons (Fsp3) is 0.564. The molecule has 3 amide bonds. The number of nitrogens with one attached hydrogen (secondary N) is 2. The maximum atomic E-state index is 14.1. The number of aromatic nitrogens is 3. The topological polar surface area (TPSA) is 150 Å². The number of aliphatic hydroxyl groups excluding tert-OH is 2. The molecular weight excluding hydrogens is 632 g/mol. The van der Waals surface area contributed by atoms with Crippen molar-refractivity contribution in [2.24, 2.45) is 17.8 Å². The molecule has 0 spiro atoms. The highest BCUT2D eigenvalue weighted by Crippen LogP contribution is 2.29. The molecule has 0 aliphatic heterocycles. The number of nitrogens with zero attached hydrogens (tertiary/aromatic N) is 4. The van der Waals surface area contributed by atoms with E-state index in [9.17, 15) is 24.6 Å². The molecule has 2 aromatic heterocycles. The molecule has 11 heteroatoms. The monoisotopic (exact) mass is 688 g/mol. The second-order valence-corrected chi connectivity index (χ2v) is 14.3. The summed E-state index contributed by atoms with van der Waals surface area (Å²) in [5.41, 5.74) is 1.78. The predicted octanol–water partition coefficient (Wildman–Crippen LogP) is 3.94. The van der Waals surface area contributed by atoms with E-state index in [2.05, 4.69) is 20.7 Å². The van der Waals surface area contributed by atoms with Crippen LogP contribution in [-0.2, 0) is 33.8 Å². The van der Waals surface area contributed by atoms with Crippen LogP contribution in [0.2, 0.25) is 0 Å². The highest BCUT2D eigenvalue weighted by atomic mass is 16.3. The third kappa shape index (κ3) is 12.7. The Morgan fingerprint density at radius 2 is 1.68 bits per heavy atom. The fourth-order valence-corrected chi connectivity index (χ4v) is 6.79. The van der Waals surface area contributed by atoms with Crippen LogP contribution in [-0.4, -0.2) is 85.5 Å². The number of pyridine rings is 1. The number of amides is 3. The minimum atomic E-state index is -1.16. The zero-order valence-electron chi connectivity index (χ0n) is 29.9. The summed E-state index contributed by atoms with van der Waals surface area (Å²) >= 11 is 0. The minimum Gasteiger partial charge on any atom is -0.390 e. The number of aliphatic hydroxyl groups is 2. The Morgan fingerprint density at radius 3 is 2.34 bits per heavy atom. The number of benzene rings is 1. The fourth-order valence-electron chi connectivity index (χ4n) is 6.79. The van der Waals surface area contributed by atoms with Gasteiger partial charge in [-0.25, -0.2) is 0 Å². The lowest BCUT2D eigenvalue weighted by Crippen LogP contribution is -2.57. The first-order chi connectivity index (χ1) is 24.1. The van der Waals surface area contributed by atoms with Gasteiger partial charge in [-0.05, 0) is 54.9 Å². The third-order valence-electron chi connectivity index (χ3n) is 9.69. The van der Waals surface area contributed by atoms with Gasteiger partial charge in [0, 0.05) is 50.7 Å². The molecule has 0 bridgehead atoms. The van der Waals surface area contributed by atoms with Gasteiger partial charge < -0.3 is 25.7 Å². The van der Waals surface area contributed by atoms with Crippen molar-refractivity contribution < 1.29 is 24.6 Å². The van der Waals surface area contributed by atoms with Crippen molar-refractivity contribution in [1.29, 1.82) is 0 Å². The van der Waals surface area contributed by atoms with E-state index in [-0.39, 0.29) is 24.8 Å². The van der Waals surface area contributed by atoms with Crippen molar-refractivity contribution >= 4 is 17.7 Å². The summed E-state index contributed by atoms with van der Waals surface area (Å²) in [5.74, 6) is -1.33. The average molecular weight is 689 g/mol. The van der Waals surface area contributed by atoms with Gasteiger partial charge in [0.15, 0.2) is 0 Å². The lowest BCUT2D eigenvalue weighted by Gasteiger charge is -2.34. The van der Waals surface area contributed by atoms with E-state index in [1.54, 1.807) is 41.3 Å². The van der Waals surface area contributed by atoms with Gasteiger partial charge >= 0.3 is 0 Å². The minimum absolute atomic E-state index is 0.0417. The molecule has 3 aromatic rings. The van der Waals surface area contributed by atoms with Crippen LogP contribution in [0.25, 0.3) is 0 Å². The van der Waals surface area contributed by atoms with Gasteiger partial charge in [-0.1, -0.05) is 82.3 Å². The normalized spacial score (nSPS) is 16.6. The van der Waals surface area contributed by atoms with Gasteiger partial charge in [-0.2, -0.15) is 5.10 Å². The summed E-state index contributed by atoms with van der Waals surface area (Å²) in [4.78, 5) is 47.6. The van der Waals surface area contributed by atoms with Gasteiger partial charge in [0.25, 0.3) is 0 Å².